The number of imidazole rings is 1. The summed E-state index contributed by atoms with van der Waals surface area (Å²) in [6, 6.07) is 7.77. The van der Waals surface area contributed by atoms with E-state index in [1.165, 1.54) is 0 Å². The number of hydrogen-bond donors (Lipinski definition) is 0. The largest absolute Gasteiger partial charge is 0.497 e. The Morgan fingerprint density at radius 3 is 2.50 bits per heavy atom. The number of fused-ring (bicyclic) bond motifs is 1. The van der Waals surface area contributed by atoms with Crippen LogP contribution in [0.3, 0.4) is 0 Å². The second-order valence-electron chi connectivity index (χ2n) is 4.93. The average molecular weight is 298 g/mol. The van der Waals surface area contributed by atoms with Crippen molar-refractivity contribution in [2.75, 3.05) is 7.11 Å². The third kappa shape index (κ3) is 2.91. The molecule has 0 unspecified atom stereocenters. The number of hydrogen-bond acceptors (Lipinski definition) is 2. The molecule has 0 aliphatic carbocycles. The van der Waals surface area contributed by atoms with Crippen molar-refractivity contribution in [1.29, 1.82) is 0 Å². The Balaban J connectivity index is 2.54. The molecule has 1 heterocycles. The molecule has 22 heavy (non-hydrogen) atoms. The fraction of sp³-hybridized carbons (Fsp3) is 0.278. The third-order valence-electron chi connectivity index (χ3n) is 3.58. The van der Waals surface area contributed by atoms with Gasteiger partial charge in [-0.1, -0.05) is 25.1 Å². The van der Waals surface area contributed by atoms with Crippen LogP contribution >= 0.6 is 0 Å². The highest BCUT2D eigenvalue weighted by molar-refractivity contribution is 5.81. The Labute approximate surface area is 130 Å². The molecule has 0 aliphatic rings. The van der Waals surface area contributed by atoms with E-state index in [1.807, 2.05) is 55.5 Å². The van der Waals surface area contributed by atoms with Crippen LogP contribution in [0, 0.1) is 0 Å². The minimum atomic E-state index is -0.0580. The number of benzene rings is 1. The molecule has 0 aliphatic heterocycles. The number of nitrogens with zero attached hydrogens (tertiary/aromatic N) is 2. The maximum atomic E-state index is 12.5. The Morgan fingerprint density at radius 2 is 1.91 bits per heavy atom. The van der Waals surface area contributed by atoms with Crippen LogP contribution in [0.2, 0.25) is 0 Å². The first kappa shape index (κ1) is 15.9. The lowest BCUT2D eigenvalue weighted by atomic mass is 10.2. The van der Waals surface area contributed by atoms with Crippen LogP contribution < -0.4 is 5.69 Å². The van der Waals surface area contributed by atoms with E-state index in [-0.39, 0.29) is 5.69 Å². The minimum Gasteiger partial charge on any atom is -0.497 e. The maximum absolute atomic E-state index is 12.5. The molecular weight excluding hydrogens is 276 g/mol. The van der Waals surface area contributed by atoms with E-state index in [2.05, 4.69) is 6.92 Å². The van der Waals surface area contributed by atoms with Crippen molar-refractivity contribution in [2.45, 2.75) is 20.3 Å². The summed E-state index contributed by atoms with van der Waals surface area (Å²) >= 11 is 0. The van der Waals surface area contributed by atoms with Gasteiger partial charge in [0, 0.05) is 12.7 Å². The number of ether oxygens (including phenoxy) is 1. The topological polar surface area (TPSA) is 36.2 Å². The summed E-state index contributed by atoms with van der Waals surface area (Å²) in [5.74, 6) is 0.787. The standard InChI is InChI=1S/C18H22N2O2/c1-5-9-15(22-4)13-12-14(6-2)20-17-11-8-7-10-16(17)19(3)18(20)21/h6-13H,5H2,1-4H3/b13-12-,14-6+,15-9+. The van der Waals surface area contributed by atoms with E-state index in [9.17, 15) is 4.79 Å². The van der Waals surface area contributed by atoms with Crippen LogP contribution in [-0.2, 0) is 11.8 Å². The van der Waals surface area contributed by atoms with Crippen LogP contribution in [0.5, 0.6) is 0 Å². The van der Waals surface area contributed by atoms with Gasteiger partial charge in [0.15, 0.2) is 0 Å². The highest BCUT2D eigenvalue weighted by Crippen LogP contribution is 2.17. The van der Waals surface area contributed by atoms with Crippen LogP contribution in [0.15, 0.2) is 59.1 Å². The number of aromatic nitrogens is 2. The molecular formula is C18H22N2O2. The fourth-order valence-electron chi connectivity index (χ4n) is 2.43. The van der Waals surface area contributed by atoms with Gasteiger partial charge in [-0.15, -0.1) is 0 Å². The van der Waals surface area contributed by atoms with Crippen molar-refractivity contribution < 1.29 is 4.74 Å². The quantitative estimate of drug-likeness (QED) is 0.623. The first-order valence-electron chi connectivity index (χ1n) is 7.39. The zero-order chi connectivity index (χ0) is 16.1. The summed E-state index contributed by atoms with van der Waals surface area (Å²) in [5, 5.41) is 0. The number of para-hydroxylation sites is 2. The van der Waals surface area contributed by atoms with Crippen LogP contribution in [0.25, 0.3) is 16.7 Å². The van der Waals surface area contributed by atoms with E-state index < -0.39 is 0 Å². The number of rotatable bonds is 5. The van der Waals surface area contributed by atoms with Gasteiger partial charge in [-0.25, -0.2) is 4.79 Å². The summed E-state index contributed by atoms with van der Waals surface area (Å²) in [4.78, 5) is 12.5. The van der Waals surface area contributed by atoms with Gasteiger partial charge in [-0.2, -0.15) is 0 Å². The SMILES string of the molecule is C\C=C(/C=C\C(=C/CC)OC)n1c(=O)n(C)c2ccccc21. The first-order chi connectivity index (χ1) is 10.6. The lowest BCUT2D eigenvalue weighted by Gasteiger charge is -2.05. The van der Waals surface area contributed by atoms with E-state index in [4.69, 9.17) is 4.74 Å². The van der Waals surface area contributed by atoms with Gasteiger partial charge in [-0.3, -0.25) is 9.13 Å². The molecule has 0 saturated heterocycles. The van der Waals surface area contributed by atoms with E-state index in [0.29, 0.717) is 0 Å². The molecule has 1 aromatic carbocycles. The summed E-state index contributed by atoms with van der Waals surface area (Å²) in [5.41, 5.74) is 2.57. The maximum Gasteiger partial charge on any atom is 0.333 e. The second-order valence-corrected chi connectivity index (χ2v) is 4.93. The van der Waals surface area contributed by atoms with Crippen molar-refractivity contribution >= 4 is 16.7 Å². The molecule has 0 N–H and O–H groups in total. The summed E-state index contributed by atoms with van der Waals surface area (Å²) < 4.78 is 8.67. The number of methoxy groups -OCH3 is 1. The number of allylic oxidation sites excluding steroid dienone is 5. The molecule has 116 valence electrons. The van der Waals surface area contributed by atoms with Gasteiger partial charge >= 0.3 is 5.69 Å². The first-order valence-corrected chi connectivity index (χ1v) is 7.39. The molecule has 0 fully saturated rings. The van der Waals surface area contributed by atoms with Gasteiger partial charge in [0.25, 0.3) is 0 Å². The minimum absolute atomic E-state index is 0.0580. The predicted octanol–water partition coefficient (Wildman–Crippen LogP) is 3.70. The van der Waals surface area contributed by atoms with Crippen molar-refractivity contribution in [3.8, 4) is 0 Å². The monoisotopic (exact) mass is 298 g/mol. The molecule has 0 bridgehead atoms. The Morgan fingerprint density at radius 1 is 1.23 bits per heavy atom. The lowest BCUT2D eigenvalue weighted by Crippen LogP contribution is -2.21. The molecule has 0 saturated carbocycles. The van der Waals surface area contributed by atoms with Gasteiger partial charge in [0.05, 0.1) is 18.1 Å². The van der Waals surface area contributed by atoms with Gasteiger partial charge < -0.3 is 4.74 Å². The zero-order valence-electron chi connectivity index (χ0n) is 13.5. The molecule has 2 aromatic rings. The molecule has 0 radical (unpaired) electrons. The highest BCUT2D eigenvalue weighted by Gasteiger charge is 2.11. The molecule has 4 nitrogen and oxygen atoms in total. The van der Waals surface area contributed by atoms with E-state index >= 15 is 0 Å². The highest BCUT2D eigenvalue weighted by atomic mass is 16.5. The molecule has 0 atom stereocenters. The van der Waals surface area contributed by atoms with Gasteiger partial charge in [0.1, 0.15) is 5.76 Å². The second kappa shape index (κ2) is 6.98. The third-order valence-corrected chi connectivity index (χ3v) is 3.58. The molecule has 2 rings (SSSR count). The molecule has 1 aromatic heterocycles. The summed E-state index contributed by atoms with van der Waals surface area (Å²) in [7, 11) is 3.43. The van der Waals surface area contributed by atoms with Crippen molar-refractivity contribution in [1.82, 2.24) is 9.13 Å². The van der Waals surface area contributed by atoms with Crippen molar-refractivity contribution in [2.24, 2.45) is 7.05 Å². The normalized spacial score (nSPS) is 13.3. The van der Waals surface area contributed by atoms with Crippen LogP contribution in [-0.4, -0.2) is 16.2 Å². The van der Waals surface area contributed by atoms with Crippen molar-refractivity contribution in [3.63, 3.8) is 0 Å². The summed E-state index contributed by atoms with van der Waals surface area (Å²) in [6.45, 7) is 3.97. The predicted molar refractivity (Wildman–Crippen MR) is 91.6 cm³/mol. The average Bonchev–Trinajstić information content (AvgIpc) is 2.80. The Hall–Kier alpha value is -2.49. The van der Waals surface area contributed by atoms with Crippen LogP contribution in [0.1, 0.15) is 20.3 Å². The zero-order valence-corrected chi connectivity index (χ0v) is 13.5. The smallest absolute Gasteiger partial charge is 0.333 e. The van der Waals surface area contributed by atoms with Gasteiger partial charge in [-0.05, 0) is 43.7 Å². The van der Waals surface area contributed by atoms with E-state index in [1.54, 1.807) is 23.3 Å². The molecule has 4 heteroatoms. The Kier molecular flexibility index (Phi) is 5.04. The van der Waals surface area contributed by atoms with Crippen LogP contribution in [0.4, 0.5) is 0 Å². The number of aryl methyl sites for hydroxylation is 1. The summed E-state index contributed by atoms with van der Waals surface area (Å²) in [6.07, 6.45) is 8.60. The molecule has 0 spiro atoms. The molecule has 0 amide bonds. The van der Waals surface area contributed by atoms with Gasteiger partial charge in [0.2, 0.25) is 0 Å². The van der Waals surface area contributed by atoms with E-state index in [0.717, 1.165) is 28.9 Å². The van der Waals surface area contributed by atoms with Crippen molar-refractivity contribution in [3.05, 3.63) is 64.8 Å². The fourth-order valence-corrected chi connectivity index (χ4v) is 2.43. The Bertz CT molecular complexity index is 804. The lowest BCUT2D eigenvalue weighted by molar-refractivity contribution is 0.305.